The first-order valence-electron chi connectivity index (χ1n) is 7.27. The fourth-order valence-electron chi connectivity index (χ4n) is 2.31. The van der Waals surface area contributed by atoms with E-state index < -0.39 is 5.82 Å². The van der Waals surface area contributed by atoms with E-state index in [0.29, 0.717) is 5.69 Å². The number of halogens is 2. The first-order valence-corrected chi connectivity index (χ1v) is 8.63. The third kappa shape index (κ3) is 3.86. The summed E-state index contributed by atoms with van der Waals surface area (Å²) in [5.74, 6) is -0.470. The molecule has 3 aromatic rings. The van der Waals surface area contributed by atoms with Crippen LogP contribution in [0.15, 0.2) is 53.6 Å². The molecule has 122 valence electrons. The average Bonchev–Trinajstić information content (AvgIpc) is 2.56. The van der Waals surface area contributed by atoms with Gasteiger partial charge in [0.2, 0.25) is 5.91 Å². The van der Waals surface area contributed by atoms with Gasteiger partial charge in [-0.3, -0.25) is 4.79 Å². The summed E-state index contributed by atoms with van der Waals surface area (Å²) < 4.78 is 13.0. The number of pyridine rings is 1. The van der Waals surface area contributed by atoms with Crippen molar-refractivity contribution in [3.63, 3.8) is 0 Å². The second-order valence-electron chi connectivity index (χ2n) is 5.26. The molecule has 3 nitrogen and oxygen atoms in total. The Morgan fingerprint density at radius 3 is 2.83 bits per heavy atom. The number of benzene rings is 2. The lowest BCUT2D eigenvalue weighted by Crippen LogP contribution is -2.14. The van der Waals surface area contributed by atoms with E-state index in [2.05, 4.69) is 10.3 Å². The van der Waals surface area contributed by atoms with Gasteiger partial charge in [0, 0.05) is 5.39 Å². The van der Waals surface area contributed by atoms with Crippen molar-refractivity contribution in [1.82, 2.24) is 4.98 Å². The third-order valence-corrected chi connectivity index (χ3v) is 4.68. The minimum Gasteiger partial charge on any atom is -0.324 e. The Hall–Kier alpha value is -2.11. The molecule has 1 heterocycles. The minimum absolute atomic E-state index is 0.174. The summed E-state index contributed by atoms with van der Waals surface area (Å²) in [6, 6.07) is 13.7. The molecule has 0 spiro atoms. The molecule has 0 unspecified atom stereocenters. The zero-order chi connectivity index (χ0) is 17.1. The lowest BCUT2D eigenvalue weighted by molar-refractivity contribution is -0.113. The van der Waals surface area contributed by atoms with E-state index in [0.717, 1.165) is 21.5 Å². The fourth-order valence-corrected chi connectivity index (χ4v) is 3.30. The Morgan fingerprint density at radius 1 is 1.25 bits per heavy atom. The van der Waals surface area contributed by atoms with Crippen molar-refractivity contribution >= 4 is 45.9 Å². The maximum atomic E-state index is 13.0. The molecule has 0 saturated carbocycles. The van der Waals surface area contributed by atoms with E-state index in [4.69, 9.17) is 11.6 Å². The van der Waals surface area contributed by atoms with E-state index in [9.17, 15) is 9.18 Å². The number of hydrogen-bond donors (Lipinski definition) is 1. The molecule has 2 aromatic carbocycles. The number of thioether (sulfide) groups is 1. The van der Waals surface area contributed by atoms with Gasteiger partial charge in [-0.05, 0) is 42.8 Å². The normalized spacial score (nSPS) is 10.8. The van der Waals surface area contributed by atoms with Crippen LogP contribution in [0.2, 0.25) is 5.02 Å². The summed E-state index contributed by atoms with van der Waals surface area (Å²) in [5, 5.41) is 4.73. The van der Waals surface area contributed by atoms with Crippen LogP contribution in [-0.2, 0) is 4.79 Å². The molecule has 0 bridgehead atoms. The minimum atomic E-state index is -0.441. The second kappa shape index (κ2) is 7.20. The van der Waals surface area contributed by atoms with Gasteiger partial charge < -0.3 is 5.32 Å². The summed E-state index contributed by atoms with van der Waals surface area (Å²) in [6.07, 6.45) is 0. The molecule has 1 amide bonds. The van der Waals surface area contributed by atoms with Crippen molar-refractivity contribution in [3.8, 4) is 0 Å². The molecule has 0 aliphatic rings. The van der Waals surface area contributed by atoms with Gasteiger partial charge in [0.25, 0.3) is 0 Å². The third-order valence-electron chi connectivity index (χ3n) is 3.46. The molecule has 3 rings (SSSR count). The Labute approximate surface area is 148 Å². The molecule has 0 aliphatic carbocycles. The number of carbonyl (C=O) groups excluding carboxylic acids is 1. The number of nitrogens with zero attached hydrogens (tertiary/aromatic N) is 1. The number of aryl methyl sites for hydroxylation is 1. The SMILES string of the molecule is Cc1cc(SCC(=O)Nc2ccc(F)cc2Cl)nc2ccccc12. The number of anilines is 1. The van der Waals surface area contributed by atoms with Crippen LogP contribution >= 0.6 is 23.4 Å². The topological polar surface area (TPSA) is 42.0 Å². The molecule has 0 atom stereocenters. The van der Waals surface area contributed by atoms with Crippen LogP contribution in [0, 0.1) is 12.7 Å². The number of nitrogens with one attached hydrogen (secondary N) is 1. The van der Waals surface area contributed by atoms with Crippen LogP contribution in [-0.4, -0.2) is 16.6 Å². The van der Waals surface area contributed by atoms with Gasteiger partial charge in [-0.25, -0.2) is 9.37 Å². The number of hydrogen-bond acceptors (Lipinski definition) is 3. The summed E-state index contributed by atoms with van der Waals surface area (Å²) in [7, 11) is 0. The lowest BCUT2D eigenvalue weighted by atomic mass is 10.1. The Balaban J connectivity index is 1.68. The number of para-hydroxylation sites is 1. The first kappa shape index (κ1) is 16.7. The quantitative estimate of drug-likeness (QED) is 0.661. The van der Waals surface area contributed by atoms with Crippen molar-refractivity contribution in [2.75, 3.05) is 11.1 Å². The zero-order valence-corrected chi connectivity index (χ0v) is 14.4. The van der Waals surface area contributed by atoms with Crippen LogP contribution in [0.5, 0.6) is 0 Å². The molecule has 0 radical (unpaired) electrons. The molecule has 6 heteroatoms. The van der Waals surface area contributed by atoms with Crippen LogP contribution in [0.25, 0.3) is 10.9 Å². The standard InChI is InChI=1S/C18H14ClFN2OS/c1-11-8-18(22-15-5-3-2-4-13(11)15)24-10-17(23)21-16-7-6-12(20)9-14(16)19/h2-9H,10H2,1H3,(H,21,23). The van der Waals surface area contributed by atoms with Crippen LogP contribution < -0.4 is 5.32 Å². The van der Waals surface area contributed by atoms with Crippen molar-refractivity contribution < 1.29 is 9.18 Å². The average molecular weight is 361 g/mol. The fraction of sp³-hybridized carbons (Fsp3) is 0.111. The highest BCUT2D eigenvalue weighted by atomic mass is 35.5. The van der Waals surface area contributed by atoms with Crippen LogP contribution in [0.3, 0.4) is 0 Å². The maximum Gasteiger partial charge on any atom is 0.234 e. The molecule has 0 aliphatic heterocycles. The van der Waals surface area contributed by atoms with Gasteiger partial charge in [0.1, 0.15) is 5.82 Å². The van der Waals surface area contributed by atoms with Crippen molar-refractivity contribution in [3.05, 3.63) is 64.9 Å². The summed E-state index contributed by atoms with van der Waals surface area (Å²) in [6.45, 7) is 2.02. The summed E-state index contributed by atoms with van der Waals surface area (Å²) in [4.78, 5) is 16.6. The van der Waals surface area contributed by atoms with Gasteiger partial charge in [0.15, 0.2) is 0 Å². The number of rotatable bonds is 4. The highest BCUT2D eigenvalue weighted by Crippen LogP contribution is 2.25. The molecular weight excluding hydrogens is 347 g/mol. The van der Waals surface area contributed by atoms with Crippen molar-refractivity contribution in [1.29, 1.82) is 0 Å². The molecule has 1 aromatic heterocycles. The molecular formula is C18H14ClFN2OS. The maximum absolute atomic E-state index is 13.0. The van der Waals surface area contributed by atoms with Gasteiger partial charge in [-0.1, -0.05) is 41.6 Å². The number of fused-ring (bicyclic) bond motifs is 1. The lowest BCUT2D eigenvalue weighted by Gasteiger charge is -2.08. The van der Waals surface area contributed by atoms with Gasteiger partial charge in [-0.15, -0.1) is 0 Å². The summed E-state index contributed by atoms with van der Waals surface area (Å²) >= 11 is 7.25. The largest absolute Gasteiger partial charge is 0.324 e. The summed E-state index contributed by atoms with van der Waals surface area (Å²) in [5.41, 5.74) is 2.42. The van der Waals surface area contributed by atoms with Gasteiger partial charge in [0.05, 0.1) is 27.0 Å². The number of amides is 1. The molecule has 1 N–H and O–H groups in total. The van der Waals surface area contributed by atoms with E-state index in [1.807, 2.05) is 37.3 Å². The predicted octanol–water partition coefficient (Wildman–Crippen LogP) is 5.07. The number of carbonyl (C=O) groups is 1. The molecule has 24 heavy (non-hydrogen) atoms. The Morgan fingerprint density at radius 2 is 2.04 bits per heavy atom. The molecule has 0 fully saturated rings. The Bertz CT molecular complexity index is 917. The van der Waals surface area contributed by atoms with Gasteiger partial charge >= 0.3 is 0 Å². The predicted molar refractivity (Wildman–Crippen MR) is 97.2 cm³/mol. The zero-order valence-electron chi connectivity index (χ0n) is 12.8. The number of aromatic nitrogens is 1. The van der Waals surface area contributed by atoms with E-state index in [1.54, 1.807) is 0 Å². The Kier molecular flexibility index (Phi) is 5.02. The second-order valence-corrected chi connectivity index (χ2v) is 6.66. The van der Waals surface area contributed by atoms with E-state index in [-0.39, 0.29) is 16.7 Å². The van der Waals surface area contributed by atoms with Crippen LogP contribution in [0.4, 0.5) is 10.1 Å². The van der Waals surface area contributed by atoms with Gasteiger partial charge in [-0.2, -0.15) is 0 Å². The first-order chi connectivity index (χ1) is 11.5. The highest BCUT2D eigenvalue weighted by molar-refractivity contribution is 7.99. The van der Waals surface area contributed by atoms with E-state index >= 15 is 0 Å². The smallest absolute Gasteiger partial charge is 0.234 e. The highest BCUT2D eigenvalue weighted by Gasteiger charge is 2.09. The van der Waals surface area contributed by atoms with Crippen molar-refractivity contribution in [2.45, 2.75) is 11.9 Å². The van der Waals surface area contributed by atoms with Crippen LogP contribution in [0.1, 0.15) is 5.56 Å². The van der Waals surface area contributed by atoms with E-state index in [1.165, 1.54) is 30.0 Å². The monoisotopic (exact) mass is 360 g/mol. The van der Waals surface area contributed by atoms with Crippen molar-refractivity contribution in [2.24, 2.45) is 0 Å². The molecule has 0 saturated heterocycles.